The van der Waals surface area contributed by atoms with E-state index in [1.807, 2.05) is 60.8 Å². The van der Waals surface area contributed by atoms with Gasteiger partial charge < -0.3 is 15.0 Å². The second-order valence-corrected chi connectivity index (χ2v) is 8.95. The van der Waals surface area contributed by atoms with Crippen molar-refractivity contribution < 1.29 is 14.3 Å². The van der Waals surface area contributed by atoms with Crippen molar-refractivity contribution in [3.63, 3.8) is 0 Å². The number of fused-ring (bicyclic) bond motifs is 2. The fraction of sp³-hybridized carbons (Fsp3) is 0.231. The number of carbonyl (C=O) groups is 2. The third kappa shape index (κ3) is 5.78. The summed E-state index contributed by atoms with van der Waals surface area (Å²) in [5, 5.41) is 8.74. The zero-order valence-electron chi connectivity index (χ0n) is 19.3. The first-order valence-electron chi connectivity index (χ1n) is 11.0. The van der Waals surface area contributed by atoms with Crippen LogP contribution in [0.5, 0.6) is 0 Å². The maximum absolute atomic E-state index is 13.0. The average molecular weight is 458 g/mol. The number of nitrogens with zero attached hydrogens (tertiary/aromatic N) is 2. The Hall–Kier alpha value is -4.20. The number of ether oxygens (including phenoxy) is 1. The van der Waals surface area contributed by atoms with Gasteiger partial charge in [-0.3, -0.25) is 9.78 Å². The molecule has 2 aromatic heterocycles. The highest BCUT2D eigenvalue weighted by atomic mass is 16.6. The number of hydrazone groups is 1. The SMILES string of the molecule is CC(C)(C)OC(=O)N[C@@H](Cc1c[nH]c2ccccc12)C(=O)N/N=C\c1ccc2ncccc2c1. The molecule has 4 aromatic rings. The van der Waals surface area contributed by atoms with Gasteiger partial charge in [-0.05, 0) is 56.2 Å². The number of aromatic amines is 1. The summed E-state index contributed by atoms with van der Waals surface area (Å²) in [6.45, 7) is 5.31. The van der Waals surface area contributed by atoms with Crippen molar-refractivity contribution in [2.45, 2.75) is 38.8 Å². The molecule has 8 nitrogen and oxygen atoms in total. The van der Waals surface area contributed by atoms with Gasteiger partial charge in [0.1, 0.15) is 11.6 Å². The summed E-state index contributed by atoms with van der Waals surface area (Å²) < 4.78 is 5.36. The van der Waals surface area contributed by atoms with Crippen molar-refractivity contribution in [1.82, 2.24) is 20.7 Å². The number of alkyl carbamates (subject to hydrolysis) is 1. The number of benzene rings is 2. The summed E-state index contributed by atoms with van der Waals surface area (Å²) in [5.41, 5.74) is 5.41. The molecular formula is C26H27N5O3. The molecule has 0 saturated carbocycles. The van der Waals surface area contributed by atoms with Crippen molar-refractivity contribution in [1.29, 1.82) is 0 Å². The topological polar surface area (TPSA) is 108 Å². The van der Waals surface area contributed by atoms with Gasteiger partial charge in [0, 0.05) is 35.1 Å². The lowest BCUT2D eigenvalue weighted by Crippen LogP contribution is -2.48. The van der Waals surface area contributed by atoms with E-state index in [1.54, 1.807) is 33.2 Å². The van der Waals surface area contributed by atoms with E-state index in [0.717, 1.165) is 32.9 Å². The molecule has 174 valence electrons. The lowest BCUT2D eigenvalue weighted by atomic mass is 10.0. The Morgan fingerprint density at radius 1 is 1.15 bits per heavy atom. The molecule has 0 aliphatic rings. The molecule has 2 amide bonds. The third-order valence-corrected chi connectivity index (χ3v) is 5.12. The molecule has 1 atom stereocenters. The number of rotatable bonds is 6. The Morgan fingerprint density at radius 2 is 1.97 bits per heavy atom. The Balaban J connectivity index is 1.49. The molecule has 0 fully saturated rings. The highest BCUT2D eigenvalue weighted by Gasteiger charge is 2.25. The van der Waals surface area contributed by atoms with E-state index in [-0.39, 0.29) is 6.42 Å². The maximum Gasteiger partial charge on any atom is 0.408 e. The van der Waals surface area contributed by atoms with Gasteiger partial charge in [-0.25, -0.2) is 10.2 Å². The molecule has 4 rings (SSSR count). The van der Waals surface area contributed by atoms with Crippen molar-refractivity contribution >= 4 is 40.0 Å². The standard InChI is InChI=1S/C26H27N5O3/c1-26(2,3)34-25(33)30-23(14-19-16-28-22-9-5-4-8-20(19)22)24(32)31-29-15-17-10-11-21-18(13-17)7-6-12-27-21/h4-13,15-16,23,28H,14H2,1-3H3,(H,30,33)(H,31,32)/b29-15-/t23-/m0/s1. The second kappa shape index (κ2) is 9.74. The van der Waals surface area contributed by atoms with Crippen LogP contribution in [0.25, 0.3) is 21.8 Å². The van der Waals surface area contributed by atoms with Gasteiger partial charge in [0.05, 0.1) is 11.7 Å². The highest BCUT2D eigenvalue weighted by Crippen LogP contribution is 2.19. The van der Waals surface area contributed by atoms with Crippen molar-refractivity contribution in [2.75, 3.05) is 0 Å². The largest absolute Gasteiger partial charge is 0.444 e. The first-order valence-corrected chi connectivity index (χ1v) is 11.0. The Labute approximate surface area is 197 Å². The lowest BCUT2D eigenvalue weighted by molar-refractivity contribution is -0.123. The van der Waals surface area contributed by atoms with Gasteiger partial charge in [-0.15, -0.1) is 0 Å². The quantitative estimate of drug-likeness (QED) is 0.296. The number of pyridine rings is 1. The van der Waals surface area contributed by atoms with Crippen LogP contribution in [0.2, 0.25) is 0 Å². The van der Waals surface area contributed by atoms with E-state index in [9.17, 15) is 9.59 Å². The van der Waals surface area contributed by atoms with Crippen LogP contribution >= 0.6 is 0 Å². The molecule has 34 heavy (non-hydrogen) atoms. The summed E-state index contributed by atoms with van der Waals surface area (Å²) in [7, 11) is 0. The number of para-hydroxylation sites is 1. The van der Waals surface area contributed by atoms with Gasteiger partial charge >= 0.3 is 6.09 Å². The Morgan fingerprint density at radius 3 is 2.79 bits per heavy atom. The molecule has 2 heterocycles. The normalized spacial score (nSPS) is 12.7. The Kier molecular flexibility index (Phi) is 6.58. The van der Waals surface area contributed by atoms with E-state index in [1.165, 1.54) is 0 Å². The highest BCUT2D eigenvalue weighted by molar-refractivity contribution is 5.91. The van der Waals surface area contributed by atoms with Crippen LogP contribution in [0.15, 0.2) is 72.1 Å². The summed E-state index contributed by atoms with van der Waals surface area (Å²) in [5.74, 6) is -0.449. The van der Waals surface area contributed by atoms with Gasteiger partial charge in [0.2, 0.25) is 0 Å². The van der Waals surface area contributed by atoms with Gasteiger partial charge in [0.25, 0.3) is 5.91 Å². The predicted molar refractivity (Wildman–Crippen MR) is 133 cm³/mol. The van der Waals surface area contributed by atoms with E-state index in [4.69, 9.17) is 4.74 Å². The van der Waals surface area contributed by atoms with Crippen LogP contribution in [-0.4, -0.2) is 39.8 Å². The minimum absolute atomic E-state index is 0.270. The molecule has 0 radical (unpaired) electrons. The fourth-order valence-corrected chi connectivity index (χ4v) is 3.60. The van der Waals surface area contributed by atoms with Crippen molar-refractivity contribution in [3.05, 3.63) is 78.1 Å². The minimum Gasteiger partial charge on any atom is -0.444 e. The summed E-state index contributed by atoms with van der Waals surface area (Å²) in [6, 6.07) is 16.4. The zero-order chi connectivity index (χ0) is 24.1. The molecule has 0 aliphatic heterocycles. The third-order valence-electron chi connectivity index (χ3n) is 5.12. The smallest absolute Gasteiger partial charge is 0.408 e. The molecule has 0 aliphatic carbocycles. The van der Waals surface area contributed by atoms with Crippen LogP contribution in [0, 0.1) is 0 Å². The van der Waals surface area contributed by atoms with Gasteiger partial charge in [-0.2, -0.15) is 5.10 Å². The first-order chi connectivity index (χ1) is 16.3. The minimum atomic E-state index is -0.882. The number of aromatic nitrogens is 2. The number of amides is 2. The summed E-state index contributed by atoms with van der Waals surface area (Å²) >= 11 is 0. The van der Waals surface area contributed by atoms with Crippen LogP contribution in [0.3, 0.4) is 0 Å². The zero-order valence-corrected chi connectivity index (χ0v) is 19.3. The van der Waals surface area contributed by atoms with Crippen LogP contribution in [-0.2, 0) is 16.0 Å². The molecule has 3 N–H and O–H groups in total. The van der Waals surface area contributed by atoms with E-state index < -0.39 is 23.6 Å². The maximum atomic E-state index is 13.0. The van der Waals surface area contributed by atoms with Crippen molar-refractivity contribution in [3.8, 4) is 0 Å². The first kappa shape index (κ1) is 23.0. The number of carbonyl (C=O) groups excluding carboxylic acids is 2. The molecule has 0 bridgehead atoms. The molecule has 0 spiro atoms. The number of nitrogens with one attached hydrogen (secondary N) is 3. The molecule has 8 heteroatoms. The molecule has 0 unspecified atom stereocenters. The second-order valence-electron chi connectivity index (χ2n) is 8.95. The van der Waals surface area contributed by atoms with Crippen LogP contribution in [0.4, 0.5) is 4.79 Å². The van der Waals surface area contributed by atoms with Crippen molar-refractivity contribution in [2.24, 2.45) is 5.10 Å². The van der Waals surface area contributed by atoms with E-state index in [0.29, 0.717) is 0 Å². The molecular weight excluding hydrogens is 430 g/mol. The lowest BCUT2D eigenvalue weighted by Gasteiger charge is -2.22. The number of hydrogen-bond acceptors (Lipinski definition) is 5. The predicted octanol–water partition coefficient (Wildman–Crippen LogP) is 4.30. The van der Waals surface area contributed by atoms with Gasteiger partial charge in [-0.1, -0.05) is 30.3 Å². The van der Waals surface area contributed by atoms with E-state index >= 15 is 0 Å². The molecule has 2 aromatic carbocycles. The fourth-order valence-electron chi connectivity index (χ4n) is 3.60. The molecule has 0 saturated heterocycles. The Bertz CT molecular complexity index is 1350. The van der Waals surface area contributed by atoms with Gasteiger partial charge in [0.15, 0.2) is 0 Å². The van der Waals surface area contributed by atoms with Crippen LogP contribution in [0.1, 0.15) is 31.9 Å². The average Bonchev–Trinajstić information content (AvgIpc) is 3.20. The summed E-state index contributed by atoms with van der Waals surface area (Å²) in [4.78, 5) is 32.9. The monoisotopic (exact) mass is 457 g/mol. The number of H-pyrrole nitrogens is 1. The number of hydrogen-bond donors (Lipinski definition) is 3. The summed E-state index contributed by atoms with van der Waals surface area (Å²) in [6.07, 6.45) is 4.74. The van der Waals surface area contributed by atoms with E-state index in [2.05, 4.69) is 25.8 Å². The van der Waals surface area contributed by atoms with Crippen LogP contribution < -0.4 is 10.7 Å².